The third-order valence-corrected chi connectivity index (χ3v) is 4.05. The van der Waals surface area contributed by atoms with Gasteiger partial charge in [0, 0.05) is 10.5 Å². The number of carbonyl (C=O) groups is 1. The average Bonchev–Trinajstić information content (AvgIpc) is 2.17. The van der Waals surface area contributed by atoms with Crippen molar-refractivity contribution in [3.8, 4) is 0 Å². The Kier molecular flexibility index (Phi) is 2.51. The number of hydrogen-bond donors (Lipinski definition) is 1. The van der Waals surface area contributed by atoms with Gasteiger partial charge in [0.15, 0.2) is 0 Å². The van der Waals surface area contributed by atoms with Gasteiger partial charge < -0.3 is 5.73 Å². The number of carbonyl (C=O) groups excluding carboxylic acids is 1. The van der Waals surface area contributed by atoms with Crippen LogP contribution in [-0.4, -0.2) is 11.7 Å². The van der Waals surface area contributed by atoms with Gasteiger partial charge in [-0.2, -0.15) is 0 Å². The van der Waals surface area contributed by atoms with E-state index in [9.17, 15) is 4.79 Å². The Bertz CT molecular complexity index is 412. The molecule has 1 aromatic carbocycles. The molecule has 1 aromatic rings. The number of hydrogen-bond acceptors (Lipinski definition) is 2. The highest BCUT2D eigenvalue weighted by Gasteiger charge is 2.28. The van der Waals surface area contributed by atoms with Gasteiger partial charge in [0.2, 0.25) is 5.91 Å². The Labute approximate surface area is 94.2 Å². The molecule has 0 aromatic heterocycles. The number of amides is 1. The van der Waals surface area contributed by atoms with Crippen molar-refractivity contribution in [2.75, 3.05) is 5.75 Å². The Hall–Kier alpha value is -0.960. The second-order valence-electron chi connectivity index (χ2n) is 4.56. The van der Waals surface area contributed by atoms with Gasteiger partial charge in [0.05, 0.1) is 0 Å². The molecule has 0 fully saturated rings. The molecule has 0 spiro atoms. The normalized spacial score (nSPS) is 18.3. The molecule has 2 rings (SSSR count). The van der Waals surface area contributed by atoms with E-state index in [1.807, 2.05) is 30.0 Å². The molecule has 0 aliphatic carbocycles. The summed E-state index contributed by atoms with van der Waals surface area (Å²) in [5.74, 6) is 0.805. The molecular weight excluding hydrogens is 206 g/mol. The number of rotatable bonds is 1. The van der Waals surface area contributed by atoms with Crippen LogP contribution >= 0.6 is 11.8 Å². The van der Waals surface area contributed by atoms with Crippen LogP contribution in [0.1, 0.15) is 36.2 Å². The zero-order chi connectivity index (χ0) is 11.1. The van der Waals surface area contributed by atoms with E-state index in [-0.39, 0.29) is 11.3 Å². The molecule has 0 unspecified atom stereocenters. The van der Waals surface area contributed by atoms with E-state index in [1.165, 1.54) is 10.5 Å². The van der Waals surface area contributed by atoms with Gasteiger partial charge in [-0.3, -0.25) is 4.79 Å². The summed E-state index contributed by atoms with van der Waals surface area (Å²) in [4.78, 5) is 12.4. The molecule has 2 N–H and O–H groups in total. The SMILES string of the molecule is CC1(C)CCSc2ccc(C(N)=O)cc21. The predicted octanol–water partition coefficient (Wildman–Crippen LogP) is 2.56. The molecule has 0 bridgehead atoms. The zero-order valence-electron chi connectivity index (χ0n) is 9.04. The van der Waals surface area contributed by atoms with Gasteiger partial charge >= 0.3 is 0 Å². The first kappa shape index (κ1) is 10.6. The van der Waals surface area contributed by atoms with E-state index in [1.54, 1.807) is 0 Å². The molecule has 1 amide bonds. The van der Waals surface area contributed by atoms with Gasteiger partial charge in [-0.15, -0.1) is 11.8 Å². The quantitative estimate of drug-likeness (QED) is 0.792. The van der Waals surface area contributed by atoms with Crippen molar-refractivity contribution in [1.29, 1.82) is 0 Å². The van der Waals surface area contributed by atoms with Gasteiger partial charge in [-0.25, -0.2) is 0 Å². The molecule has 2 nitrogen and oxygen atoms in total. The number of thioether (sulfide) groups is 1. The summed E-state index contributed by atoms with van der Waals surface area (Å²) in [6, 6.07) is 5.78. The summed E-state index contributed by atoms with van der Waals surface area (Å²) in [7, 11) is 0. The minimum Gasteiger partial charge on any atom is -0.366 e. The maximum atomic E-state index is 11.1. The molecule has 0 radical (unpaired) electrons. The Morgan fingerprint density at radius 1 is 1.47 bits per heavy atom. The summed E-state index contributed by atoms with van der Waals surface area (Å²) < 4.78 is 0. The fourth-order valence-electron chi connectivity index (χ4n) is 1.89. The van der Waals surface area contributed by atoms with Crippen LogP contribution in [0.25, 0.3) is 0 Å². The fraction of sp³-hybridized carbons (Fsp3) is 0.417. The highest BCUT2D eigenvalue weighted by atomic mass is 32.2. The highest BCUT2D eigenvalue weighted by Crippen LogP contribution is 2.41. The lowest BCUT2D eigenvalue weighted by Gasteiger charge is -2.32. The first-order valence-corrected chi connectivity index (χ1v) is 6.06. The van der Waals surface area contributed by atoms with Crippen molar-refractivity contribution in [1.82, 2.24) is 0 Å². The van der Waals surface area contributed by atoms with Crippen LogP contribution in [0, 0.1) is 0 Å². The molecule has 1 aliphatic rings. The van der Waals surface area contributed by atoms with E-state index in [2.05, 4.69) is 13.8 Å². The third kappa shape index (κ3) is 1.88. The first-order valence-electron chi connectivity index (χ1n) is 5.08. The topological polar surface area (TPSA) is 43.1 Å². The summed E-state index contributed by atoms with van der Waals surface area (Å²) >= 11 is 1.86. The molecular formula is C12H15NOS. The largest absolute Gasteiger partial charge is 0.366 e. The van der Waals surface area contributed by atoms with Crippen molar-refractivity contribution < 1.29 is 4.79 Å². The maximum absolute atomic E-state index is 11.1. The molecule has 1 aliphatic heterocycles. The summed E-state index contributed by atoms with van der Waals surface area (Å²) in [5, 5.41) is 0. The van der Waals surface area contributed by atoms with Crippen molar-refractivity contribution in [3.63, 3.8) is 0 Å². The van der Waals surface area contributed by atoms with Gasteiger partial charge in [-0.05, 0) is 41.4 Å². The number of benzene rings is 1. The standard InChI is InChI=1S/C12H15NOS/c1-12(2)5-6-15-10-4-3-8(11(13)14)7-9(10)12/h3-4,7H,5-6H2,1-2H3,(H2,13,14). The van der Waals surface area contributed by atoms with Crippen molar-refractivity contribution in [2.45, 2.75) is 30.6 Å². The molecule has 80 valence electrons. The Balaban J connectivity index is 2.53. The Morgan fingerprint density at radius 3 is 2.87 bits per heavy atom. The highest BCUT2D eigenvalue weighted by molar-refractivity contribution is 7.99. The van der Waals surface area contributed by atoms with Crippen LogP contribution in [0.3, 0.4) is 0 Å². The van der Waals surface area contributed by atoms with E-state index in [0.29, 0.717) is 5.56 Å². The molecule has 1 heterocycles. The van der Waals surface area contributed by atoms with E-state index in [4.69, 9.17) is 5.73 Å². The monoisotopic (exact) mass is 221 g/mol. The van der Waals surface area contributed by atoms with Crippen LogP contribution in [0.2, 0.25) is 0 Å². The lowest BCUT2D eigenvalue weighted by molar-refractivity contribution is 0.1000. The van der Waals surface area contributed by atoms with Crippen LogP contribution in [0.15, 0.2) is 23.1 Å². The van der Waals surface area contributed by atoms with Gasteiger partial charge in [0.1, 0.15) is 0 Å². The van der Waals surface area contributed by atoms with Crippen molar-refractivity contribution in [3.05, 3.63) is 29.3 Å². The lowest BCUT2D eigenvalue weighted by Crippen LogP contribution is -2.23. The Morgan fingerprint density at radius 2 is 2.20 bits per heavy atom. The summed E-state index contributed by atoms with van der Waals surface area (Å²) in [6.45, 7) is 4.44. The van der Waals surface area contributed by atoms with Crippen LogP contribution in [0.4, 0.5) is 0 Å². The van der Waals surface area contributed by atoms with E-state index >= 15 is 0 Å². The second-order valence-corrected chi connectivity index (χ2v) is 5.69. The third-order valence-electron chi connectivity index (χ3n) is 2.98. The van der Waals surface area contributed by atoms with E-state index in [0.717, 1.165) is 12.2 Å². The molecule has 0 saturated carbocycles. The van der Waals surface area contributed by atoms with Crippen molar-refractivity contribution >= 4 is 17.7 Å². The molecule has 0 saturated heterocycles. The second kappa shape index (κ2) is 3.56. The minimum absolute atomic E-state index is 0.159. The number of nitrogens with two attached hydrogens (primary N) is 1. The van der Waals surface area contributed by atoms with Crippen LogP contribution in [0.5, 0.6) is 0 Å². The molecule has 3 heteroatoms. The molecule has 15 heavy (non-hydrogen) atoms. The summed E-state index contributed by atoms with van der Waals surface area (Å²) in [5.41, 5.74) is 7.32. The molecule has 0 atom stereocenters. The van der Waals surface area contributed by atoms with E-state index < -0.39 is 0 Å². The number of primary amides is 1. The fourth-order valence-corrected chi connectivity index (χ4v) is 3.38. The van der Waals surface area contributed by atoms with Gasteiger partial charge in [-0.1, -0.05) is 13.8 Å². The lowest BCUT2D eigenvalue weighted by atomic mass is 9.81. The van der Waals surface area contributed by atoms with Gasteiger partial charge in [0.25, 0.3) is 0 Å². The summed E-state index contributed by atoms with van der Waals surface area (Å²) in [6.07, 6.45) is 1.15. The van der Waals surface area contributed by atoms with Crippen LogP contribution < -0.4 is 5.73 Å². The average molecular weight is 221 g/mol. The minimum atomic E-state index is -0.343. The number of fused-ring (bicyclic) bond motifs is 1. The maximum Gasteiger partial charge on any atom is 0.248 e. The van der Waals surface area contributed by atoms with Crippen molar-refractivity contribution in [2.24, 2.45) is 5.73 Å². The smallest absolute Gasteiger partial charge is 0.248 e. The zero-order valence-corrected chi connectivity index (χ0v) is 9.86. The van der Waals surface area contributed by atoms with Crippen LogP contribution in [-0.2, 0) is 5.41 Å². The first-order chi connectivity index (χ1) is 7.00. The predicted molar refractivity (Wildman–Crippen MR) is 63.3 cm³/mol.